The molecule has 0 spiro atoms. The van der Waals surface area contributed by atoms with Crippen LogP contribution in [0.3, 0.4) is 0 Å². The van der Waals surface area contributed by atoms with E-state index in [4.69, 9.17) is 18.8 Å². The van der Waals surface area contributed by atoms with Crippen LogP contribution in [-0.2, 0) is 57.4 Å². The van der Waals surface area contributed by atoms with Gasteiger partial charge in [0.15, 0.2) is 11.4 Å². The number of ether oxygens (including phenoxy) is 2. The van der Waals surface area contributed by atoms with Gasteiger partial charge in [-0.25, -0.2) is 9.97 Å². The summed E-state index contributed by atoms with van der Waals surface area (Å²) >= 11 is 4.13. The summed E-state index contributed by atoms with van der Waals surface area (Å²) in [6, 6.07) is 0. The van der Waals surface area contributed by atoms with Gasteiger partial charge in [0.1, 0.15) is 27.6 Å². The van der Waals surface area contributed by atoms with Crippen molar-refractivity contribution in [2.24, 2.45) is 0 Å². The Morgan fingerprint density at radius 3 is 1.49 bits per heavy atom. The van der Waals surface area contributed by atoms with Crippen LogP contribution in [-0.4, -0.2) is 105 Å². The minimum absolute atomic E-state index is 0.0919. The lowest BCUT2D eigenvalue weighted by Gasteiger charge is -2.32. The molecule has 7 heterocycles. The van der Waals surface area contributed by atoms with Gasteiger partial charge < -0.3 is 18.8 Å². The fourth-order valence-electron chi connectivity index (χ4n) is 5.50. The lowest BCUT2D eigenvalue weighted by Crippen LogP contribution is -2.41. The van der Waals surface area contributed by atoms with Crippen molar-refractivity contribution < 1.29 is 89.0 Å². The maximum atomic E-state index is 13.5. The molecule has 6 aromatic rings. The Bertz CT molecular complexity index is 2930. The van der Waals surface area contributed by atoms with E-state index in [2.05, 4.69) is 46.3 Å². The van der Waals surface area contributed by atoms with Crippen molar-refractivity contribution in [1.82, 2.24) is 48.8 Å². The Labute approximate surface area is 396 Å². The van der Waals surface area contributed by atoms with Gasteiger partial charge in [-0.15, -0.1) is 0 Å². The minimum atomic E-state index is -5.89. The van der Waals surface area contributed by atoms with Crippen molar-refractivity contribution in [3.8, 4) is 11.1 Å². The molecule has 1 fully saturated rings. The van der Waals surface area contributed by atoms with Crippen molar-refractivity contribution in [3.63, 3.8) is 0 Å². The lowest BCUT2D eigenvalue weighted by molar-refractivity contribution is -0.287. The highest BCUT2D eigenvalue weighted by atomic mass is 79.9. The Morgan fingerprint density at radius 1 is 0.643 bits per heavy atom. The zero-order chi connectivity index (χ0) is 53.0. The van der Waals surface area contributed by atoms with E-state index >= 15 is 0 Å². The number of nitrogens with zero attached hydrogens (tertiary/aromatic N) is 10. The Kier molecular flexibility index (Phi) is 15.8. The summed E-state index contributed by atoms with van der Waals surface area (Å²) in [4.78, 5) is 30.6. The molecule has 0 aromatic carbocycles. The van der Waals surface area contributed by atoms with Crippen LogP contribution in [0.4, 0.5) is 70.2 Å². The number of rotatable bonds is 10. The molecule has 0 atom stereocenters. The van der Waals surface area contributed by atoms with Crippen LogP contribution in [0.1, 0.15) is 49.1 Å². The first kappa shape index (κ1) is 56.1. The second kappa shape index (κ2) is 19.7. The molecular weight excluding hydrogens is 1100 g/mol. The van der Waals surface area contributed by atoms with Crippen LogP contribution in [0.5, 0.6) is 0 Å². The van der Waals surface area contributed by atoms with E-state index in [-0.39, 0.29) is 33.3 Å². The first-order valence-electron chi connectivity index (χ1n) is 18.8. The van der Waals surface area contributed by atoms with Gasteiger partial charge >= 0.3 is 43.7 Å². The molecule has 0 amide bonds. The van der Waals surface area contributed by atoms with Crippen molar-refractivity contribution in [3.05, 3.63) is 71.4 Å². The molecule has 16 nitrogen and oxygen atoms in total. The topological polar surface area (TPSA) is 167 Å². The van der Waals surface area contributed by atoms with E-state index in [1.807, 2.05) is 0 Å². The van der Waals surface area contributed by atoms with Gasteiger partial charge in [0.05, 0.1) is 36.2 Å². The molecule has 0 radical (unpaired) electrons. The molecule has 70 heavy (non-hydrogen) atoms. The zero-order valence-electron chi connectivity index (χ0n) is 35.9. The van der Waals surface area contributed by atoms with Gasteiger partial charge in [-0.3, -0.25) is 19.0 Å². The van der Waals surface area contributed by atoms with Crippen molar-refractivity contribution in [1.29, 1.82) is 0 Å². The molecule has 1 saturated heterocycles. The first-order valence-corrected chi connectivity index (χ1v) is 21.2. The van der Waals surface area contributed by atoms with Crippen LogP contribution in [0.2, 0.25) is 0 Å². The van der Waals surface area contributed by atoms with Crippen LogP contribution >= 0.6 is 38.6 Å². The Morgan fingerprint density at radius 2 is 1.06 bits per heavy atom. The van der Waals surface area contributed by atoms with Crippen molar-refractivity contribution in [2.45, 2.75) is 102 Å². The highest BCUT2D eigenvalue weighted by Crippen LogP contribution is 2.40. The number of hydrogen-bond acceptors (Lipinski definition) is 14. The second-order valence-corrected chi connectivity index (χ2v) is 18.2. The van der Waals surface area contributed by atoms with E-state index in [9.17, 15) is 79.8 Å². The average Bonchev–Trinajstić information content (AvgIpc) is 4.04. The molecule has 0 N–H and O–H groups in total. The zero-order valence-corrected chi connectivity index (χ0v) is 39.1. The molecule has 36 heteroatoms. The van der Waals surface area contributed by atoms with E-state index in [1.54, 1.807) is 27.7 Å². The standard InChI is InChI=1S/C14H9F8N5O2S.C12H16BF5N2O2.C8H5BrF3N3O2S/c1-29-4-7-25-27-10(28)8(9(13(17,18)19)24-11(27)30-7)6-2-23-26(3-6)5-12(15,16)14(20,21)22;1-9(2)10(3,4)22-13(21-9)8-5-19-20(6-8)7-11(14,15)12(16,17)18;1-17-2-3-14-15-6(16)4(9)5(8(10,11)12)13-7(15)18-3/h2-3H,4-5H2,1H3;5-6H,7H2,1-4H3;2H2,1H3. The molecule has 386 valence electrons. The maximum absolute atomic E-state index is 13.5. The molecule has 6 aromatic heterocycles. The van der Waals surface area contributed by atoms with Crippen LogP contribution in [0.25, 0.3) is 21.0 Å². The molecule has 7 rings (SSSR count). The SMILES string of the molecule is CC1(C)OB(c2cnn(CC(F)(F)C(F)(F)F)c2)OC1(C)C.COCc1nn2c(=O)c(-c3cnn(CC(F)(F)C(F)(F)F)c3)c(C(F)(F)F)nc2s1.COCc1nn2c(=O)c(Br)c(C(F)(F)F)nc2s1. The molecule has 1 aliphatic heterocycles. The fourth-order valence-corrected chi connectivity index (χ4v) is 7.69. The minimum Gasteiger partial charge on any atom is -0.399 e. The molecule has 0 saturated carbocycles. The first-order chi connectivity index (χ1) is 31.8. The smallest absolute Gasteiger partial charge is 0.399 e. The summed E-state index contributed by atoms with van der Waals surface area (Å²) in [6.45, 7) is 3.62. The summed E-state index contributed by atoms with van der Waals surface area (Å²) < 4.78 is 227. The number of alkyl halides is 16. The second-order valence-electron chi connectivity index (χ2n) is 15.4. The quantitative estimate of drug-likeness (QED) is 0.0965. The van der Waals surface area contributed by atoms with Crippen LogP contribution < -0.4 is 16.6 Å². The number of fused-ring (bicyclic) bond motifs is 2. The number of hydrogen-bond donors (Lipinski definition) is 0. The van der Waals surface area contributed by atoms with E-state index in [0.717, 1.165) is 28.2 Å². The molecule has 0 aliphatic carbocycles. The third kappa shape index (κ3) is 12.1. The summed E-state index contributed by atoms with van der Waals surface area (Å²) in [7, 11) is 1.84. The fraction of sp³-hybridized carbons (Fsp3) is 0.529. The molecule has 1 aliphatic rings. The summed E-state index contributed by atoms with van der Waals surface area (Å²) in [5.74, 6) is -10.0. The average molecular weight is 1130 g/mol. The molecular formula is C34H30BBrF16N10O6S2. The largest absolute Gasteiger partial charge is 0.498 e. The van der Waals surface area contributed by atoms with Gasteiger partial charge in [0.2, 0.25) is 9.92 Å². The molecule has 0 bridgehead atoms. The monoisotopic (exact) mass is 1130 g/mol. The van der Waals surface area contributed by atoms with Crippen molar-refractivity contribution >= 4 is 61.1 Å². The number of methoxy groups -OCH3 is 2. The van der Waals surface area contributed by atoms with E-state index < -0.39 is 111 Å². The Balaban J connectivity index is 0.000000203. The summed E-state index contributed by atoms with van der Waals surface area (Å²) in [5, 5.41) is 14.9. The lowest BCUT2D eigenvalue weighted by atomic mass is 9.82. The van der Waals surface area contributed by atoms with Gasteiger partial charge in [0.25, 0.3) is 11.1 Å². The van der Waals surface area contributed by atoms with Crippen molar-refractivity contribution in [2.75, 3.05) is 14.2 Å². The number of aromatic nitrogens is 10. The van der Waals surface area contributed by atoms with E-state index in [1.165, 1.54) is 14.2 Å². The summed E-state index contributed by atoms with van der Waals surface area (Å²) in [6.07, 6.45) is -18.1. The predicted molar refractivity (Wildman–Crippen MR) is 215 cm³/mol. The Hall–Kier alpha value is -4.78. The third-order valence-corrected chi connectivity index (χ3v) is 12.1. The number of halogens is 17. The maximum Gasteiger partial charge on any atom is 0.498 e. The van der Waals surface area contributed by atoms with Gasteiger partial charge in [-0.2, -0.15) is 99.7 Å². The predicted octanol–water partition coefficient (Wildman–Crippen LogP) is 7.84. The molecule has 0 unspecified atom stereocenters. The van der Waals surface area contributed by atoms with E-state index in [0.29, 0.717) is 37.9 Å². The van der Waals surface area contributed by atoms with Crippen LogP contribution in [0, 0.1) is 0 Å². The highest BCUT2D eigenvalue weighted by molar-refractivity contribution is 9.10. The normalized spacial score (nSPS) is 15.6. The highest BCUT2D eigenvalue weighted by Gasteiger charge is 2.59. The third-order valence-electron chi connectivity index (χ3n) is 9.57. The van der Waals surface area contributed by atoms with Gasteiger partial charge in [-0.05, 0) is 43.6 Å². The van der Waals surface area contributed by atoms with Gasteiger partial charge in [-0.1, -0.05) is 22.7 Å². The summed E-state index contributed by atoms with van der Waals surface area (Å²) in [5.41, 5.74) is -7.83. The van der Waals surface area contributed by atoms with Gasteiger partial charge in [0, 0.05) is 43.8 Å². The van der Waals surface area contributed by atoms with Crippen LogP contribution in [0.15, 0.2) is 38.8 Å².